The molecule has 1 aliphatic rings. The van der Waals surface area contributed by atoms with E-state index >= 15 is 0 Å². The zero-order valence-corrected chi connectivity index (χ0v) is 24.0. The second-order valence-electron chi connectivity index (χ2n) is 10.8. The summed E-state index contributed by atoms with van der Waals surface area (Å²) in [5.74, 6) is 6.39. The fourth-order valence-electron chi connectivity index (χ4n) is 3.61. The van der Waals surface area contributed by atoms with Gasteiger partial charge < -0.3 is 4.43 Å². The van der Waals surface area contributed by atoms with E-state index < -0.39 is 18.3 Å². The molecule has 0 amide bonds. The Morgan fingerprint density at radius 1 is 1.11 bits per heavy atom. The minimum Gasteiger partial charge on any atom is -0.543 e. The molecule has 1 heterocycles. The van der Waals surface area contributed by atoms with E-state index in [1.54, 1.807) is 36.5 Å². The predicted molar refractivity (Wildman–Crippen MR) is 148 cm³/mol. The smallest absolute Gasteiger partial charge is 0.263 e. The van der Waals surface area contributed by atoms with Crippen molar-refractivity contribution in [2.75, 3.05) is 6.54 Å². The topological polar surface area (TPSA) is 63.7 Å². The van der Waals surface area contributed by atoms with E-state index in [1.165, 1.54) is 4.31 Å². The molecule has 1 atom stereocenters. The Bertz CT molecular complexity index is 1280. The summed E-state index contributed by atoms with van der Waals surface area (Å²) < 4.78 is 33.5. The van der Waals surface area contributed by atoms with Crippen LogP contribution in [0.2, 0.25) is 18.1 Å². The second kappa shape index (κ2) is 11.1. The molecule has 5 nitrogen and oxygen atoms in total. The molecule has 2 aromatic rings. The van der Waals surface area contributed by atoms with Gasteiger partial charge in [-0.05, 0) is 74.0 Å². The molecule has 0 spiro atoms. The number of hydrogen-bond acceptors (Lipinski definition) is 4. The van der Waals surface area contributed by atoms with Gasteiger partial charge >= 0.3 is 0 Å². The third-order valence-electron chi connectivity index (χ3n) is 7.02. The summed E-state index contributed by atoms with van der Waals surface area (Å²) in [5.41, 5.74) is 1.53. The Kier molecular flexibility index (Phi) is 8.53. The van der Waals surface area contributed by atoms with Gasteiger partial charge in [0, 0.05) is 19.2 Å². The van der Waals surface area contributed by atoms with Gasteiger partial charge in [0.05, 0.1) is 10.5 Å². The minimum atomic E-state index is -3.53. The van der Waals surface area contributed by atoms with Crippen molar-refractivity contribution >= 4 is 24.1 Å². The van der Waals surface area contributed by atoms with Crippen molar-refractivity contribution in [3.63, 3.8) is 0 Å². The van der Waals surface area contributed by atoms with Crippen LogP contribution in [-0.2, 0) is 10.0 Å². The van der Waals surface area contributed by atoms with Crippen molar-refractivity contribution in [3.05, 3.63) is 71.9 Å². The molecule has 0 radical (unpaired) electrons. The van der Waals surface area contributed by atoms with Gasteiger partial charge in [0.15, 0.2) is 0 Å². The molecule has 0 saturated carbocycles. The normalized spacial score (nSPS) is 16.3. The lowest BCUT2D eigenvalue weighted by molar-refractivity contribution is 0.105. The Morgan fingerprint density at radius 2 is 1.78 bits per heavy atom. The van der Waals surface area contributed by atoms with Crippen molar-refractivity contribution < 1.29 is 17.6 Å². The molecule has 0 N–H and O–H groups in total. The van der Waals surface area contributed by atoms with E-state index in [4.69, 9.17) is 4.43 Å². The third kappa shape index (κ3) is 6.68. The van der Waals surface area contributed by atoms with Crippen LogP contribution in [0.5, 0.6) is 5.75 Å². The number of carbonyl (C=O) groups excluding carboxylic acids is 1. The lowest BCUT2D eigenvalue weighted by Gasteiger charge is -2.36. The number of rotatable bonds is 7. The van der Waals surface area contributed by atoms with Crippen LogP contribution in [0.4, 0.5) is 0 Å². The number of Topliss-reactive ketones (excluding diaryl/α,β-unsaturated/α-hetero) is 1. The number of ketones is 1. The highest BCUT2D eigenvalue weighted by molar-refractivity contribution is 7.89. The number of benzene rings is 2. The monoisotopic (exact) mass is 523 g/mol. The van der Waals surface area contributed by atoms with E-state index in [2.05, 4.69) is 45.7 Å². The van der Waals surface area contributed by atoms with Crippen LogP contribution in [0.25, 0.3) is 0 Å². The zero-order valence-electron chi connectivity index (χ0n) is 22.2. The zero-order chi connectivity index (χ0) is 26.6. The number of carbonyl (C=O) groups is 1. The number of sulfonamides is 1. The molecule has 1 unspecified atom stereocenters. The summed E-state index contributed by atoms with van der Waals surface area (Å²) in [6, 6.07) is 14.2. The van der Waals surface area contributed by atoms with Crippen molar-refractivity contribution in [1.29, 1.82) is 0 Å². The Labute approximate surface area is 217 Å². The highest BCUT2D eigenvalue weighted by Gasteiger charge is 2.39. The maximum absolute atomic E-state index is 12.9. The molecule has 2 aromatic carbocycles. The van der Waals surface area contributed by atoms with Crippen molar-refractivity contribution in [1.82, 2.24) is 4.31 Å². The number of allylic oxidation sites excluding steroid dienone is 1. The van der Waals surface area contributed by atoms with Crippen LogP contribution < -0.4 is 4.43 Å². The summed E-state index contributed by atoms with van der Waals surface area (Å²) in [6.07, 6.45) is 5.66. The lowest BCUT2D eigenvalue weighted by Crippen LogP contribution is -2.44. The first-order valence-electron chi connectivity index (χ1n) is 12.4. The Balaban J connectivity index is 1.59. The summed E-state index contributed by atoms with van der Waals surface area (Å²) >= 11 is 0. The van der Waals surface area contributed by atoms with Gasteiger partial charge in [-0.2, -0.15) is 0 Å². The highest BCUT2D eigenvalue weighted by Crippen LogP contribution is 2.38. The van der Waals surface area contributed by atoms with E-state index in [0.717, 1.165) is 18.4 Å². The quantitative estimate of drug-likeness (QED) is 0.178. The molecule has 7 heteroatoms. The highest BCUT2D eigenvalue weighted by atomic mass is 32.2. The fraction of sp³-hybridized carbons (Fsp3) is 0.414. The Morgan fingerprint density at radius 3 is 2.39 bits per heavy atom. The Hall–Kier alpha value is -2.82. The van der Waals surface area contributed by atoms with Crippen LogP contribution in [-0.4, -0.2) is 33.4 Å². The minimum absolute atomic E-state index is 0.0252. The molecule has 0 saturated heterocycles. The molecular formula is C29H37NO4SSi. The average molecular weight is 524 g/mol. The van der Waals surface area contributed by atoms with E-state index in [0.29, 0.717) is 29.2 Å². The summed E-state index contributed by atoms with van der Waals surface area (Å²) in [4.78, 5) is 13.1. The molecule has 192 valence electrons. The lowest BCUT2D eigenvalue weighted by atomic mass is 9.97. The summed E-state index contributed by atoms with van der Waals surface area (Å²) in [6.45, 7) is 13.2. The molecule has 0 bridgehead atoms. The molecular weight excluding hydrogens is 486 g/mol. The largest absolute Gasteiger partial charge is 0.543 e. The van der Waals surface area contributed by atoms with Gasteiger partial charge in [-0.25, -0.2) is 8.42 Å². The molecule has 36 heavy (non-hydrogen) atoms. The average Bonchev–Trinajstić information content (AvgIpc) is 2.81. The van der Waals surface area contributed by atoms with Crippen molar-refractivity contribution in [3.8, 4) is 17.6 Å². The van der Waals surface area contributed by atoms with E-state index in [1.807, 2.05) is 31.2 Å². The van der Waals surface area contributed by atoms with Crippen LogP contribution in [0.15, 0.2) is 65.7 Å². The number of nitrogens with zero attached hydrogens (tertiary/aromatic N) is 1. The molecule has 0 fully saturated rings. The number of aryl methyl sites for hydroxylation is 1. The first-order chi connectivity index (χ1) is 16.8. The first-order valence-corrected chi connectivity index (χ1v) is 16.7. The SMILES string of the molecule is Cc1ccc(S(=O)(=O)N2C=CC(CCC#CC(=O)c3ccccc3O[Si](C)(C)C(C)(C)C)CC2)cc1. The van der Waals surface area contributed by atoms with Crippen LogP contribution >= 0.6 is 0 Å². The maximum atomic E-state index is 12.9. The molecule has 1 aliphatic heterocycles. The van der Waals surface area contributed by atoms with E-state index in [-0.39, 0.29) is 16.7 Å². The van der Waals surface area contributed by atoms with Gasteiger partial charge in [-0.3, -0.25) is 9.10 Å². The number of hydrogen-bond donors (Lipinski definition) is 0. The molecule has 3 rings (SSSR count). The van der Waals surface area contributed by atoms with E-state index in [9.17, 15) is 13.2 Å². The maximum Gasteiger partial charge on any atom is 0.263 e. The fourth-order valence-corrected chi connectivity index (χ4v) is 5.97. The third-order valence-corrected chi connectivity index (χ3v) is 13.1. The predicted octanol–water partition coefficient (Wildman–Crippen LogP) is 6.57. The van der Waals surface area contributed by atoms with Crippen LogP contribution in [0.1, 0.15) is 56.0 Å². The van der Waals surface area contributed by atoms with Crippen LogP contribution in [0, 0.1) is 24.7 Å². The molecule has 0 aromatic heterocycles. The standard InChI is InChI=1S/C29H37NO4SSi/c1-23-15-17-25(18-16-23)35(32,33)30-21-19-24(20-22-30)11-7-9-13-27(31)26-12-8-10-14-28(26)34-36(5,6)29(2,3)4/h8,10,12,14-19,21,24H,7,11,20,22H2,1-6H3. The van der Waals surface area contributed by atoms with Gasteiger partial charge in [0.25, 0.3) is 18.3 Å². The molecule has 0 aliphatic carbocycles. The van der Waals surface area contributed by atoms with Crippen LogP contribution in [0.3, 0.4) is 0 Å². The van der Waals surface area contributed by atoms with Crippen molar-refractivity contribution in [2.45, 2.75) is 70.0 Å². The summed E-state index contributed by atoms with van der Waals surface area (Å²) in [7, 11) is -5.61. The summed E-state index contributed by atoms with van der Waals surface area (Å²) in [5, 5.41) is 0.0252. The van der Waals surface area contributed by atoms with Gasteiger partial charge in [-0.1, -0.05) is 62.6 Å². The number of para-hydroxylation sites is 1. The van der Waals surface area contributed by atoms with Gasteiger partial charge in [0.2, 0.25) is 5.78 Å². The van der Waals surface area contributed by atoms with Crippen molar-refractivity contribution in [2.24, 2.45) is 5.92 Å². The second-order valence-corrected chi connectivity index (χ2v) is 17.5. The first kappa shape index (κ1) is 27.8. The van der Waals surface area contributed by atoms with Gasteiger partial charge in [-0.15, -0.1) is 0 Å². The van der Waals surface area contributed by atoms with Gasteiger partial charge in [0.1, 0.15) is 5.75 Å².